The van der Waals surface area contributed by atoms with E-state index in [2.05, 4.69) is 22.5 Å². The van der Waals surface area contributed by atoms with Crippen LogP contribution >= 0.6 is 0 Å². The highest BCUT2D eigenvalue weighted by Gasteiger charge is 2.53. The van der Waals surface area contributed by atoms with Crippen LogP contribution < -0.4 is 29.6 Å². The third-order valence-electron chi connectivity index (χ3n) is 15.3. The van der Waals surface area contributed by atoms with E-state index in [0.717, 1.165) is 65.4 Å². The van der Waals surface area contributed by atoms with Crippen molar-refractivity contribution in [2.24, 2.45) is 11.8 Å². The number of nitrogens with one attached hydrogen (secondary N) is 2. The molecule has 7 N–H and O–H groups in total. The number of methoxy groups -OCH3 is 1. The number of benzene rings is 5. The number of hydrogen-bond acceptors (Lipinski definition) is 13. The molecule has 2 aliphatic carbocycles. The Hall–Kier alpha value is -5.72. The van der Waals surface area contributed by atoms with Crippen LogP contribution in [0.3, 0.4) is 0 Å². The zero-order chi connectivity index (χ0) is 48.4. The van der Waals surface area contributed by atoms with Gasteiger partial charge in [0, 0.05) is 85.4 Å². The van der Waals surface area contributed by atoms with Crippen molar-refractivity contribution in [3.8, 4) is 63.2 Å². The van der Waals surface area contributed by atoms with Gasteiger partial charge in [0.2, 0.25) is 0 Å². The van der Waals surface area contributed by atoms with E-state index in [1.807, 2.05) is 43.4 Å². The minimum atomic E-state index is -1.07. The Morgan fingerprint density at radius 1 is 0.814 bits per heavy atom. The molecule has 5 aromatic carbocycles. The van der Waals surface area contributed by atoms with E-state index in [-0.39, 0.29) is 36.6 Å². The number of aliphatic hydroxyl groups is 2. The van der Waals surface area contributed by atoms with Crippen LogP contribution in [0, 0.1) is 23.7 Å². The largest absolute Gasteiger partial charge is 0.508 e. The number of fused-ring (bicyclic) bond motifs is 6. The summed E-state index contributed by atoms with van der Waals surface area (Å²) in [5.41, 5.74) is 3.99. The smallest absolute Gasteiger partial charge is 0.149 e. The molecular weight excluding hydrogens is 889 g/mol. The van der Waals surface area contributed by atoms with Crippen LogP contribution in [0.15, 0.2) is 78.9 Å². The zero-order valence-electron chi connectivity index (χ0n) is 40.1. The van der Waals surface area contributed by atoms with Gasteiger partial charge >= 0.3 is 0 Å². The second kappa shape index (κ2) is 20.9. The highest BCUT2D eigenvalue weighted by atomic mass is 16.5. The van der Waals surface area contributed by atoms with E-state index in [1.165, 1.54) is 0 Å². The summed E-state index contributed by atoms with van der Waals surface area (Å²) >= 11 is 0. The molecule has 0 saturated heterocycles. The molecule has 5 aliphatic rings. The van der Waals surface area contributed by atoms with Gasteiger partial charge in [-0.15, -0.1) is 0 Å². The van der Waals surface area contributed by atoms with Crippen molar-refractivity contribution in [1.82, 2.24) is 10.6 Å². The first-order valence-electron chi connectivity index (χ1n) is 25.1. The molecule has 0 unspecified atom stereocenters. The average Bonchev–Trinajstić information content (AvgIpc) is 3.86. The summed E-state index contributed by atoms with van der Waals surface area (Å²) in [5, 5.41) is 65.3. The Morgan fingerprint density at radius 3 is 2.47 bits per heavy atom. The summed E-state index contributed by atoms with van der Waals surface area (Å²) in [7, 11) is 3.61. The summed E-state index contributed by atoms with van der Waals surface area (Å²) in [5.74, 6) is 8.28. The van der Waals surface area contributed by atoms with E-state index in [0.29, 0.717) is 92.0 Å². The van der Waals surface area contributed by atoms with Crippen molar-refractivity contribution < 1.29 is 54.0 Å². The maximum Gasteiger partial charge on any atom is 0.149 e. The SMILES string of the molecule is CNCCN[C@@]12CC#CCOc3cc4c(c5ccc(O)cc35)O[C@@H](CCCOC)[C@@H]([C@H]3COc5c(Cc6cc(O)ccc6-c6cccc(O)c6)cc(OC6CCCC6)cc5[C@H]3O)[C@H]4O[C@H]1C[C@H](O)CC2. The number of rotatable bonds is 14. The first-order chi connectivity index (χ1) is 34.1. The molecule has 13 nitrogen and oxygen atoms in total. The molecule has 0 amide bonds. The number of aliphatic hydroxyl groups excluding tert-OH is 2. The number of hydrogen-bond donors (Lipinski definition) is 7. The third-order valence-corrected chi connectivity index (χ3v) is 15.3. The lowest BCUT2D eigenvalue weighted by Crippen LogP contribution is -2.61. The van der Waals surface area contributed by atoms with Crippen LogP contribution in [0.25, 0.3) is 21.9 Å². The van der Waals surface area contributed by atoms with Crippen molar-refractivity contribution in [3.05, 3.63) is 101 Å². The predicted octanol–water partition coefficient (Wildman–Crippen LogP) is 8.39. The molecule has 3 aliphatic heterocycles. The first kappa shape index (κ1) is 47.9. The Balaban J connectivity index is 1.11. The summed E-state index contributed by atoms with van der Waals surface area (Å²) in [6.07, 6.45) is 4.41. The lowest BCUT2D eigenvalue weighted by molar-refractivity contribution is -0.166. The van der Waals surface area contributed by atoms with Gasteiger partial charge in [0.25, 0.3) is 0 Å². The second-order valence-electron chi connectivity index (χ2n) is 19.9. The molecule has 5 aromatic rings. The van der Waals surface area contributed by atoms with Gasteiger partial charge in [-0.05, 0) is 136 Å². The van der Waals surface area contributed by atoms with Gasteiger partial charge in [-0.3, -0.25) is 0 Å². The van der Waals surface area contributed by atoms with Gasteiger partial charge in [0.05, 0.1) is 42.7 Å². The van der Waals surface area contributed by atoms with E-state index >= 15 is 0 Å². The molecular formula is C57H66N2O11. The summed E-state index contributed by atoms with van der Waals surface area (Å²) in [6, 6.07) is 23.4. The van der Waals surface area contributed by atoms with Crippen molar-refractivity contribution in [2.75, 3.05) is 47.1 Å². The normalized spacial score (nSPS) is 26.3. The van der Waals surface area contributed by atoms with Crippen LogP contribution in [0.1, 0.15) is 98.7 Å². The number of phenolic OH excluding ortho intramolecular Hbond substituents is 3. The van der Waals surface area contributed by atoms with Crippen molar-refractivity contribution in [2.45, 2.75) is 113 Å². The molecule has 2 bridgehead atoms. The molecule has 70 heavy (non-hydrogen) atoms. The molecule has 10 rings (SSSR count). The maximum atomic E-state index is 13.2. The van der Waals surface area contributed by atoms with Crippen LogP contribution in [-0.2, 0) is 15.9 Å². The van der Waals surface area contributed by atoms with Crippen molar-refractivity contribution >= 4 is 10.8 Å². The summed E-state index contributed by atoms with van der Waals surface area (Å²) in [6.45, 7) is 2.13. The summed E-state index contributed by atoms with van der Waals surface area (Å²) in [4.78, 5) is 0. The van der Waals surface area contributed by atoms with Crippen LogP contribution in [-0.4, -0.2) is 103 Å². The third kappa shape index (κ3) is 9.83. The quantitative estimate of drug-likeness (QED) is 0.0417. The molecule has 0 aromatic heterocycles. The van der Waals surface area contributed by atoms with Crippen molar-refractivity contribution in [1.29, 1.82) is 0 Å². The highest BCUT2D eigenvalue weighted by molar-refractivity contribution is 5.96. The molecule has 2 fully saturated rings. The standard InChI is InChI=1S/C57H66N2O11/c1-58-21-22-59-57-19-5-6-24-66-50-32-47-55(44-17-15-39(62)29-45(44)50)69-49(13-8-23-65-2)52(56(47)70-51(57)30-40(63)18-20-57)48-33-67-54-36(28-42(31-46(54)53(48)64)68-41-11-3-4-12-41)25-35-27-38(61)14-16-43(35)34-9-7-10-37(60)26-34/h7,9-10,14-17,26-29,31-32,40-41,48-49,51-53,56,58-64H,3-4,8,11-13,18-25,30,33H2,1-2H3/t40-,48-,49+,51+,52-,53-,56+,57-/m1/s1. The van der Waals surface area contributed by atoms with Gasteiger partial charge in [-0.25, -0.2) is 0 Å². The van der Waals surface area contributed by atoms with E-state index in [1.54, 1.807) is 49.6 Å². The van der Waals surface area contributed by atoms with Gasteiger partial charge in [-0.1, -0.05) is 30.0 Å². The van der Waals surface area contributed by atoms with Crippen LogP contribution in [0.2, 0.25) is 0 Å². The lowest BCUT2D eigenvalue weighted by Gasteiger charge is -2.51. The topological polar surface area (TPSA) is 181 Å². The van der Waals surface area contributed by atoms with E-state index in [9.17, 15) is 25.5 Å². The summed E-state index contributed by atoms with van der Waals surface area (Å²) < 4.78 is 40.8. The van der Waals surface area contributed by atoms with Gasteiger partial charge in [0.1, 0.15) is 53.0 Å². The second-order valence-corrected chi connectivity index (χ2v) is 19.9. The Morgan fingerprint density at radius 2 is 1.64 bits per heavy atom. The molecule has 0 spiro atoms. The minimum absolute atomic E-state index is 0.0377. The van der Waals surface area contributed by atoms with Crippen LogP contribution in [0.4, 0.5) is 0 Å². The maximum absolute atomic E-state index is 13.2. The molecule has 3 heterocycles. The first-order valence-corrected chi connectivity index (χ1v) is 25.1. The monoisotopic (exact) mass is 954 g/mol. The number of ether oxygens (including phenoxy) is 6. The average molecular weight is 955 g/mol. The fourth-order valence-corrected chi connectivity index (χ4v) is 11.8. The minimum Gasteiger partial charge on any atom is -0.508 e. The molecule has 370 valence electrons. The zero-order valence-corrected chi connectivity index (χ0v) is 40.1. The van der Waals surface area contributed by atoms with Crippen LogP contribution in [0.5, 0.6) is 40.2 Å². The van der Waals surface area contributed by atoms with Gasteiger partial charge < -0.3 is 64.6 Å². The molecule has 8 atom stereocenters. The molecule has 13 heteroatoms. The number of aromatic hydroxyl groups is 3. The Labute approximate surface area is 410 Å². The Bertz CT molecular complexity index is 2730. The molecule has 2 saturated carbocycles. The fraction of sp³-hybridized carbons (Fsp3) is 0.474. The van der Waals surface area contributed by atoms with Gasteiger partial charge in [0.15, 0.2) is 0 Å². The Kier molecular flexibility index (Phi) is 14.3. The van der Waals surface area contributed by atoms with Gasteiger partial charge in [-0.2, -0.15) is 0 Å². The molecule has 0 radical (unpaired) electrons. The fourth-order valence-electron chi connectivity index (χ4n) is 11.8. The lowest BCUT2D eigenvalue weighted by atomic mass is 9.71. The number of likely N-dealkylation sites (N-methyl/N-ethyl adjacent to an activating group) is 1. The highest BCUT2D eigenvalue weighted by Crippen LogP contribution is 2.56. The van der Waals surface area contributed by atoms with E-state index < -0.39 is 47.9 Å². The van der Waals surface area contributed by atoms with Crippen molar-refractivity contribution in [3.63, 3.8) is 0 Å². The number of phenols is 3. The predicted molar refractivity (Wildman–Crippen MR) is 266 cm³/mol. The van der Waals surface area contributed by atoms with E-state index in [4.69, 9.17) is 28.4 Å².